The van der Waals surface area contributed by atoms with E-state index in [4.69, 9.17) is 11.6 Å². The first kappa shape index (κ1) is 17.1. The van der Waals surface area contributed by atoms with Crippen LogP contribution >= 0.6 is 11.6 Å². The molecule has 7 heteroatoms. The van der Waals surface area contributed by atoms with Crippen molar-refractivity contribution < 1.29 is 9.59 Å². The molecule has 1 N–H and O–H groups in total. The lowest BCUT2D eigenvalue weighted by Crippen LogP contribution is -2.43. The van der Waals surface area contributed by atoms with E-state index >= 15 is 0 Å². The van der Waals surface area contributed by atoms with Crippen LogP contribution in [0.4, 0.5) is 0 Å². The molecule has 2 heterocycles. The third-order valence-electron chi connectivity index (χ3n) is 5.16. The van der Waals surface area contributed by atoms with Crippen molar-refractivity contribution in [3.8, 4) is 0 Å². The van der Waals surface area contributed by atoms with Gasteiger partial charge in [-0.3, -0.25) is 14.3 Å². The molecular formula is C19H21ClN4O2. The number of nitrogens with zero attached hydrogens (tertiary/aromatic N) is 3. The maximum absolute atomic E-state index is 12.4. The van der Waals surface area contributed by atoms with E-state index in [0.29, 0.717) is 36.8 Å². The Morgan fingerprint density at radius 1 is 1.23 bits per heavy atom. The molecule has 2 aromatic rings. The second-order valence-corrected chi connectivity index (χ2v) is 7.31. The molecule has 1 aliphatic heterocycles. The second kappa shape index (κ2) is 7.11. The number of hydrogen-bond donors (Lipinski definition) is 1. The lowest BCUT2D eigenvalue weighted by atomic mass is 9.84. The summed E-state index contributed by atoms with van der Waals surface area (Å²) in [6.07, 6.45) is 3.21. The van der Waals surface area contributed by atoms with E-state index in [2.05, 4.69) is 10.4 Å². The summed E-state index contributed by atoms with van der Waals surface area (Å²) >= 11 is 6.05. The fraction of sp³-hybridized carbons (Fsp3) is 0.421. The highest BCUT2D eigenvalue weighted by atomic mass is 35.5. The van der Waals surface area contributed by atoms with Crippen LogP contribution in [-0.2, 0) is 24.4 Å². The molecule has 0 unspecified atom stereocenters. The van der Waals surface area contributed by atoms with Crippen molar-refractivity contribution in [1.82, 2.24) is 20.0 Å². The number of hydrogen-bond acceptors (Lipinski definition) is 3. The molecule has 6 nitrogen and oxygen atoms in total. The summed E-state index contributed by atoms with van der Waals surface area (Å²) in [5.74, 6) is 0.277. The predicted molar refractivity (Wildman–Crippen MR) is 97.6 cm³/mol. The van der Waals surface area contributed by atoms with Crippen molar-refractivity contribution in [2.24, 2.45) is 5.92 Å². The van der Waals surface area contributed by atoms with Gasteiger partial charge in [-0.1, -0.05) is 30.2 Å². The zero-order valence-corrected chi connectivity index (χ0v) is 15.2. The van der Waals surface area contributed by atoms with Crippen LogP contribution in [0.3, 0.4) is 0 Å². The van der Waals surface area contributed by atoms with Crippen molar-refractivity contribution in [3.05, 3.63) is 52.3 Å². The highest BCUT2D eigenvalue weighted by Crippen LogP contribution is 2.29. The van der Waals surface area contributed by atoms with Gasteiger partial charge in [0.1, 0.15) is 0 Å². The Morgan fingerprint density at radius 3 is 2.77 bits per heavy atom. The number of amides is 2. The Hall–Kier alpha value is -2.34. The van der Waals surface area contributed by atoms with Crippen LogP contribution in [0.1, 0.15) is 41.0 Å². The molecule has 1 aliphatic carbocycles. The molecule has 1 aromatic heterocycles. The minimum atomic E-state index is -0.219. The van der Waals surface area contributed by atoms with Gasteiger partial charge in [-0.2, -0.15) is 5.10 Å². The number of benzene rings is 1. The van der Waals surface area contributed by atoms with Gasteiger partial charge in [-0.25, -0.2) is 0 Å². The van der Waals surface area contributed by atoms with Crippen LogP contribution in [0.2, 0.25) is 5.02 Å². The molecule has 0 bridgehead atoms. The zero-order valence-electron chi connectivity index (χ0n) is 14.4. The highest BCUT2D eigenvalue weighted by molar-refractivity contribution is 6.33. The summed E-state index contributed by atoms with van der Waals surface area (Å²) in [6.45, 7) is 2.34. The van der Waals surface area contributed by atoms with Gasteiger partial charge < -0.3 is 10.2 Å². The van der Waals surface area contributed by atoms with Crippen molar-refractivity contribution in [1.29, 1.82) is 0 Å². The van der Waals surface area contributed by atoms with Gasteiger partial charge in [0.2, 0.25) is 5.91 Å². The summed E-state index contributed by atoms with van der Waals surface area (Å²) in [4.78, 5) is 26.6. The summed E-state index contributed by atoms with van der Waals surface area (Å²) < 4.78 is 1.93. The van der Waals surface area contributed by atoms with Crippen molar-refractivity contribution in [2.45, 2.75) is 38.9 Å². The molecule has 0 radical (unpaired) electrons. The summed E-state index contributed by atoms with van der Waals surface area (Å²) in [5.41, 5.74) is 2.26. The molecule has 0 atom stereocenters. The van der Waals surface area contributed by atoms with Gasteiger partial charge >= 0.3 is 0 Å². The van der Waals surface area contributed by atoms with E-state index in [0.717, 1.165) is 30.7 Å². The minimum absolute atomic E-state index is 0.219. The van der Waals surface area contributed by atoms with Gasteiger partial charge in [0.05, 0.1) is 41.6 Å². The maximum Gasteiger partial charge on any atom is 0.253 e. The Kier molecular flexibility index (Phi) is 4.68. The largest absolute Gasteiger partial charge is 0.346 e. The second-order valence-electron chi connectivity index (χ2n) is 6.90. The third kappa shape index (κ3) is 3.33. The molecule has 1 saturated carbocycles. The first-order chi connectivity index (χ1) is 12.6. The Balaban J connectivity index is 1.38. The van der Waals surface area contributed by atoms with Gasteiger partial charge in [-0.15, -0.1) is 0 Å². The molecular weight excluding hydrogens is 352 g/mol. The summed E-state index contributed by atoms with van der Waals surface area (Å²) in [6, 6.07) is 8.93. The Morgan fingerprint density at radius 2 is 2.04 bits per heavy atom. The van der Waals surface area contributed by atoms with Crippen LogP contribution in [0.15, 0.2) is 30.3 Å². The van der Waals surface area contributed by atoms with E-state index in [1.54, 1.807) is 24.3 Å². The molecule has 2 aliphatic rings. The molecule has 136 valence electrons. The average molecular weight is 373 g/mol. The monoisotopic (exact) mass is 372 g/mol. The Labute approximate surface area is 157 Å². The summed E-state index contributed by atoms with van der Waals surface area (Å²) in [5, 5.41) is 7.83. The quantitative estimate of drug-likeness (QED) is 0.897. The molecule has 0 saturated heterocycles. The van der Waals surface area contributed by atoms with Crippen LogP contribution in [0, 0.1) is 5.92 Å². The fourth-order valence-corrected chi connectivity index (χ4v) is 3.65. The normalized spacial score (nSPS) is 16.7. The molecule has 2 amide bonds. The van der Waals surface area contributed by atoms with E-state index < -0.39 is 0 Å². The van der Waals surface area contributed by atoms with Crippen LogP contribution < -0.4 is 5.32 Å². The number of nitrogens with one attached hydrogen (secondary N) is 1. The fourth-order valence-electron chi connectivity index (χ4n) is 3.43. The average Bonchev–Trinajstić information content (AvgIpc) is 3.00. The third-order valence-corrected chi connectivity index (χ3v) is 5.49. The molecule has 4 rings (SSSR count). The zero-order chi connectivity index (χ0) is 18.1. The number of fused-ring (bicyclic) bond motifs is 1. The first-order valence-electron chi connectivity index (χ1n) is 8.99. The number of halogens is 1. The number of rotatable bonds is 4. The topological polar surface area (TPSA) is 67.2 Å². The number of carbonyl (C=O) groups excluding carboxylic acids is 2. The van der Waals surface area contributed by atoms with Crippen molar-refractivity contribution >= 4 is 23.4 Å². The van der Waals surface area contributed by atoms with Gasteiger partial charge in [0, 0.05) is 12.5 Å². The lowest BCUT2D eigenvalue weighted by molar-refractivity contribution is -0.139. The highest BCUT2D eigenvalue weighted by Gasteiger charge is 2.31. The van der Waals surface area contributed by atoms with Crippen molar-refractivity contribution in [3.63, 3.8) is 0 Å². The standard InChI is InChI=1S/C19H21ClN4O2/c20-17-7-2-1-6-16(17)18(25)21-11-14-10-15-12-23(8-9-24(15)22-14)19(26)13-4-3-5-13/h1-2,6-7,10,13H,3-5,8-9,11-12H2,(H,21,25). The molecule has 26 heavy (non-hydrogen) atoms. The van der Waals surface area contributed by atoms with E-state index in [9.17, 15) is 9.59 Å². The van der Waals surface area contributed by atoms with E-state index in [1.807, 2.05) is 15.6 Å². The molecule has 1 aromatic carbocycles. The van der Waals surface area contributed by atoms with Gasteiger partial charge in [0.15, 0.2) is 0 Å². The SMILES string of the molecule is O=C(NCc1cc2n(n1)CCN(C(=O)C1CCC1)C2)c1ccccc1Cl. The van der Waals surface area contributed by atoms with Crippen LogP contribution in [0.25, 0.3) is 0 Å². The minimum Gasteiger partial charge on any atom is -0.346 e. The van der Waals surface area contributed by atoms with E-state index in [1.165, 1.54) is 0 Å². The molecule has 0 spiro atoms. The van der Waals surface area contributed by atoms with Gasteiger partial charge in [-0.05, 0) is 31.0 Å². The predicted octanol–water partition coefficient (Wildman–Crippen LogP) is 2.61. The first-order valence-corrected chi connectivity index (χ1v) is 9.37. The summed E-state index contributed by atoms with van der Waals surface area (Å²) in [7, 11) is 0. The number of aromatic nitrogens is 2. The lowest BCUT2D eigenvalue weighted by Gasteiger charge is -2.34. The maximum atomic E-state index is 12.4. The molecule has 1 fully saturated rings. The smallest absolute Gasteiger partial charge is 0.253 e. The van der Waals surface area contributed by atoms with Crippen LogP contribution in [-0.4, -0.2) is 33.0 Å². The number of carbonyl (C=O) groups is 2. The van der Waals surface area contributed by atoms with Gasteiger partial charge in [0.25, 0.3) is 5.91 Å². The van der Waals surface area contributed by atoms with Crippen LogP contribution in [0.5, 0.6) is 0 Å². The Bertz CT molecular complexity index is 844. The van der Waals surface area contributed by atoms with Crippen molar-refractivity contribution in [2.75, 3.05) is 6.54 Å². The van der Waals surface area contributed by atoms with E-state index in [-0.39, 0.29) is 17.7 Å².